The first-order chi connectivity index (χ1) is 9.69. The van der Waals surface area contributed by atoms with E-state index in [4.69, 9.17) is 9.47 Å². The highest BCUT2D eigenvalue weighted by molar-refractivity contribution is 5.56. The Morgan fingerprint density at radius 1 is 1.15 bits per heavy atom. The van der Waals surface area contributed by atoms with Crippen molar-refractivity contribution >= 4 is 5.69 Å². The molecule has 0 spiro atoms. The minimum absolute atomic E-state index is 0.445. The molecule has 20 heavy (non-hydrogen) atoms. The molecule has 0 unspecified atom stereocenters. The van der Waals surface area contributed by atoms with Crippen LogP contribution in [0.3, 0.4) is 0 Å². The number of rotatable bonds is 6. The molecule has 1 aliphatic carbocycles. The minimum Gasteiger partial charge on any atom is -0.491 e. The van der Waals surface area contributed by atoms with E-state index in [1.165, 1.54) is 0 Å². The average molecular weight is 277 g/mol. The Hall–Kier alpha value is -1.22. The fraction of sp³-hybridized carbons (Fsp3) is 0.647. The highest BCUT2D eigenvalue weighted by atomic mass is 16.5. The van der Waals surface area contributed by atoms with E-state index in [1.54, 1.807) is 0 Å². The predicted octanol–water partition coefficient (Wildman–Crippen LogP) is 4.09. The maximum atomic E-state index is 5.90. The number of benzene rings is 1. The molecule has 1 aromatic rings. The highest BCUT2D eigenvalue weighted by Gasteiger charge is 2.21. The van der Waals surface area contributed by atoms with Crippen LogP contribution >= 0.6 is 0 Å². The SMILES string of the molecule is COC1CCC(Nc2ccccc2OCC(C)C)CC1. The Bertz CT molecular complexity index is 398. The van der Waals surface area contributed by atoms with E-state index in [9.17, 15) is 0 Å². The van der Waals surface area contributed by atoms with Crippen LogP contribution in [0.5, 0.6) is 5.75 Å². The summed E-state index contributed by atoms with van der Waals surface area (Å²) in [5.74, 6) is 1.51. The second kappa shape index (κ2) is 7.53. The molecule has 0 radical (unpaired) electrons. The van der Waals surface area contributed by atoms with Crippen LogP contribution in [-0.4, -0.2) is 25.9 Å². The Morgan fingerprint density at radius 3 is 2.50 bits per heavy atom. The third kappa shape index (κ3) is 4.41. The van der Waals surface area contributed by atoms with Crippen LogP contribution in [0.15, 0.2) is 24.3 Å². The van der Waals surface area contributed by atoms with Gasteiger partial charge in [-0.3, -0.25) is 0 Å². The molecule has 0 amide bonds. The molecule has 0 saturated heterocycles. The normalized spacial score (nSPS) is 22.8. The third-order valence-electron chi connectivity index (χ3n) is 3.83. The van der Waals surface area contributed by atoms with Crippen molar-refractivity contribution in [1.82, 2.24) is 0 Å². The lowest BCUT2D eigenvalue weighted by Crippen LogP contribution is -2.29. The summed E-state index contributed by atoms with van der Waals surface area (Å²) in [7, 11) is 1.81. The first kappa shape index (κ1) is 15.2. The van der Waals surface area contributed by atoms with Crippen LogP contribution in [0.2, 0.25) is 0 Å². The van der Waals surface area contributed by atoms with E-state index in [2.05, 4.69) is 31.3 Å². The summed E-state index contributed by atoms with van der Waals surface area (Å²) in [6, 6.07) is 8.78. The number of para-hydroxylation sites is 2. The summed E-state index contributed by atoms with van der Waals surface area (Å²) < 4.78 is 11.3. The van der Waals surface area contributed by atoms with E-state index >= 15 is 0 Å². The van der Waals surface area contributed by atoms with Crippen molar-refractivity contribution in [3.8, 4) is 5.75 Å². The molecule has 2 rings (SSSR count). The van der Waals surface area contributed by atoms with Gasteiger partial charge in [0.05, 0.1) is 18.4 Å². The number of hydrogen-bond donors (Lipinski definition) is 1. The molecule has 3 nitrogen and oxygen atoms in total. The van der Waals surface area contributed by atoms with Crippen molar-refractivity contribution in [1.29, 1.82) is 0 Å². The molecule has 1 N–H and O–H groups in total. The van der Waals surface area contributed by atoms with Gasteiger partial charge in [0.1, 0.15) is 5.75 Å². The largest absolute Gasteiger partial charge is 0.491 e. The fourth-order valence-electron chi connectivity index (χ4n) is 2.63. The molecule has 1 saturated carbocycles. The Labute approximate surface area is 122 Å². The molecule has 0 aliphatic heterocycles. The van der Waals surface area contributed by atoms with Gasteiger partial charge in [-0.2, -0.15) is 0 Å². The van der Waals surface area contributed by atoms with Crippen LogP contribution in [0, 0.1) is 5.92 Å². The molecule has 1 fully saturated rings. The number of methoxy groups -OCH3 is 1. The van der Waals surface area contributed by atoms with Gasteiger partial charge in [-0.25, -0.2) is 0 Å². The molecular formula is C17H27NO2. The van der Waals surface area contributed by atoms with Gasteiger partial charge in [-0.1, -0.05) is 26.0 Å². The average Bonchev–Trinajstić information content (AvgIpc) is 2.47. The summed E-state index contributed by atoms with van der Waals surface area (Å²) in [4.78, 5) is 0. The van der Waals surface area contributed by atoms with Crippen LogP contribution in [-0.2, 0) is 4.74 Å². The smallest absolute Gasteiger partial charge is 0.142 e. The van der Waals surface area contributed by atoms with Crippen molar-refractivity contribution in [3.63, 3.8) is 0 Å². The van der Waals surface area contributed by atoms with E-state index in [1.807, 2.05) is 19.2 Å². The molecule has 1 aliphatic rings. The van der Waals surface area contributed by atoms with E-state index < -0.39 is 0 Å². The van der Waals surface area contributed by atoms with Gasteiger partial charge in [0.25, 0.3) is 0 Å². The first-order valence-corrected chi connectivity index (χ1v) is 7.70. The van der Waals surface area contributed by atoms with Crippen molar-refractivity contribution in [2.45, 2.75) is 51.7 Å². The number of hydrogen-bond acceptors (Lipinski definition) is 3. The third-order valence-corrected chi connectivity index (χ3v) is 3.83. The zero-order chi connectivity index (χ0) is 14.4. The highest BCUT2D eigenvalue weighted by Crippen LogP contribution is 2.29. The monoisotopic (exact) mass is 277 g/mol. The topological polar surface area (TPSA) is 30.5 Å². The lowest BCUT2D eigenvalue weighted by Gasteiger charge is -2.29. The summed E-state index contributed by atoms with van der Waals surface area (Å²) in [6.45, 7) is 5.10. The maximum absolute atomic E-state index is 5.90. The molecule has 3 heteroatoms. The standard InChI is InChI=1S/C17H27NO2/c1-13(2)12-20-17-7-5-4-6-16(17)18-14-8-10-15(19-3)11-9-14/h4-7,13-15,18H,8-12H2,1-3H3. The Kier molecular flexibility index (Phi) is 5.72. The van der Waals surface area contributed by atoms with Gasteiger partial charge in [0.15, 0.2) is 0 Å². The predicted molar refractivity (Wildman–Crippen MR) is 83.5 cm³/mol. The molecular weight excluding hydrogens is 250 g/mol. The zero-order valence-corrected chi connectivity index (χ0v) is 12.9. The van der Waals surface area contributed by atoms with Crippen LogP contribution in [0.4, 0.5) is 5.69 Å². The Morgan fingerprint density at radius 2 is 1.85 bits per heavy atom. The molecule has 112 valence electrons. The van der Waals surface area contributed by atoms with Crippen molar-refractivity contribution in [3.05, 3.63) is 24.3 Å². The van der Waals surface area contributed by atoms with Crippen molar-refractivity contribution in [2.24, 2.45) is 5.92 Å². The van der Waals surface area contributed by atoms with Crippen molar-refractivity contribution in [2.75, 3.05) is 19.0 Å². The maximum Gasteiger partial charge on any atom is 0.142 e. The summed E-state index contributed by atoms with van der Waals surface area (Å²) in [6.07, 6.45) is 5.06. The van der Waals surface area contributed by atoms with Gasteiger partial charge < -0.3 is 14.8 Å². The van der Waals surface area contributed by atoms with E-state index in [0.29, 0.717) is 18.1 Å². The van der Waals surface area contributed by atoms with Gasteiger partial charge >= 0.3 is 0 Å². The minimum atomic E-state index is 0.445. The van der Waals surface area contributed by atoms with Gasteiger partial charge in [0, 0.05) is 13.2 Å². The molecule has 0 bridgehead atoms. The summed E-state index contributed by atoms with van der Waals surface area (Å²) in [5, 5.41) is 3.64. The van der Waals surface area contributed by atoms with E-state index in [0.717, 1.165) is 43.7 Å². The van der Waals surface area contributed by atoms with Crippen LogP contribution in [0.25, 0.3) is 0 Å². The summed E-state index contributed by atoms with van der Waals surface area (Å²) in [5.41, 5.74) is 1.12. The summed E-state index contributed by atoms with van der Waals surface area (Å²) >= 11 is 0. The zero-order valence-electron chi connectivity index (χ0n) is 12.9. The number of nitrogens with one attached hydrogen (secondary N) is 1. The Balaban J connectivity index is 1.92. The van der Waals surface area contributed by atoms with E-state index in [-0.39, 0.29) is 0 Å². The molecule has 0 aromatic heterocycles. The lowest BCUT2D eigenvalue weighted by atomic mass is 9.93. The fourth-order valence-corrected chi connectivity index (χ4v) is 2.63. The van der Waals surface area contributed by atoms with Crippen molar-refractivity contribution < 1.29 is 9.47 Å². The molecule has 0 heterocycles. The van der Waals surface area contributed by atoms with Gasteiger partial charge in [0.2, 0.25) is 0 Å². The second-order valence-electron chi connectivity index (χ2n) is 6.05. The first-order valence-electron chi connectivity index (χ1n) is 7.70. The molecule has 0 atom stereocenters. The van der Waals surface area contributed by atoms with Gasteiger partial charge in [-0.15, -0.1) is 0 Å². The lowest BCUT2D eigenvalue weighted by molar-refractivity contribution is 0.0681. The number of ether oxygens (including phenoxy) is 2. The number of anilines is 1. The van der Waals surface area contributed by atoms with Crippen LogP contribution < -0.4 is 10.1 Å². The van der Waals surface area contributed by atoms with Crippen LogP contribution in [0.1, 0.15) is 39.5 Å². The quantitative estimate of drug-likeness (QED) is 0.849. The van der Waals surface area contributed by atoms with Gasteiger partial charge in [-0.05, 0) is 43.7 Å². The second-order valence-corrected chi connectivity index (χ2v) is 6.05. The molecule has 1 aromatic carbocycles.